The molecule has 0 fully saturated rings. The van der Waals surface area contributed by atoms with Crippen LogP contribution in [0.4, 0.5) is 0 Å². The van der Waals surface area contributed by atoms with Crippen molar-refractivity contribution in [3.8, 4) is 6.07 Å². The minimum Gasteiger partial charge on any atom is -0.317 e. The van der Waals surface area contributed by atoms with Crippen molar-refractivity contribution in [1.29, 1.82) is 5.26 Å². The molecule has 2 rings (SSSR count). The molecule has 2 aromatic rings. The van der Waals surface area contributed by atoms with Crippen LogP contribution in [0.15, 0.2) is 18.2 Å². The van der Waals surface area contributed by atoms with Crippen molar-refractivity contribution in [3.05, 3.63) is 29.6 Å². The van der Waals surface area contributed by atoms with Gasteiger partial charge in [-0.15, -0.1) is 11.6 Å². The molecule has 0 amide bonds. The molecule has 4 nitrogen and oxygen atoms in total. The van der Waals surface area contributed by atoms with Crippen LogP contribution in [0.5, 0.6) is 0 Å². The number of hydrogen-bond acceptors (Lipinski definition) is 3. The van der Waals surface area contributed by atoms with Gasteiger partial charge in [0.2, 0.25) is 0 Å². The van der Waals surface area contributed by atoms with Gasteiger partial charge in [0.25, 0.3) is 0 Å². The summed E-state index contributed by atoms with van der Waals surface area (Å²) in [6.45, 7) is 0. The zero-order valence-electron chi connectivity index (χ0n) is 9.81. The molecule has 1 heterocycles. The molecular weight excluding hydrogens is 236 g/mol. The Kier molecular flexibility index (Phi) is 3.21. The lowest BCUT2D eigenvalue weighted by molar-refractivity contribution is 0.703. The lowest BCUT2D eigenvalue weighted by Crippen LogP contribution is -2.27. The Morgan fingerprint density at radius 1 is 1.47 bits per heavy atom. The Labute approximate surface area is 105 Å². The lowest BCUT2D eigenvalue weighted by Gasteiger charge is -2.17. The first kappa shape index (κ1) is 11.7. The summed E-state index contributed by atoms with van der Waals surface area (Å²) in [7, 11) is 3.88. The zero-order valence-corrected chi connectivity index (χ0v) is 10.6. The summed E-state index contributed by atoms with van der Waals surface area (Å²) < 4.78 is 1.98. The van der Waals surface area contributed by atoms with Crippen LogP contribution in [0.1, 0.15) is 11.4 Å². The number of hydrogen-bond donors (Lipinski definition) is 0. The van der Waals surface area contributed by atoms with Crippen LogP contribution in [-0.2, 0) is 6.42 Å². The first-order valence-electron chi connectivity index (χ1n) is 5.32. The zero-order chi connectivity index (χ0) is 12.4. The van der Waals surface area contributed by atoms with Gasteiger partial charge in [-0.3, -0.25) is 0 Å². The highest BCUT2D eigenvalue weighted by Gasteiger charge is 2.12. The fourth-order valence-electron chi connectivity index (χ4n) is 1.88. The average Bonchev–Trinajstić information content (AvgIpc) is 2.66. The first-order chi connectivity index (χ1) is 8.17. The Bertz CT molecular complexity index is 580. The van der Waals surface area contributed by atoms with Crippen LogP contribution in [-0.4, -0.2) is 29.6 Å². The molecule has 0 saturated heterocycles. The minimum atomic E-state index is 0.530. The van der Waals surface area contributed by atoms with Gasteiger partial charge in [0.15, 0.2) is 0 Å². The molecule has 17 heavy (non-hydrogen) atoms. The second-order valence-corrected chi connectivity index (χ2v) is 4.32. The monoisotopic (exact) mass is 248 g/mol. The van der Waals surface area contributed by atoms with Gasteiger partial charge >= 0.3 is 0 Å². The van der Waals surface area contributed by atoms with Crippen molar-refractivity contribution in [2.45, 2.75) is 6.42 Å². The van der Waals surface area contributed by atoms with Gasteiger partial charge in [-0.05, 0) is 18.2 Å². The summed E-state index contributed by atoms with van der Waals surface area (Å²) in [5.41, 5.74) is 2.46. The maximum absolute atomic E-state index is 8.92. The van der Waals surface area contributed by atoms with E-state index >= 15 is 0 Å². The minimum absolute atomic E-state index is 0.530. The van der Waals surface area contributed by atoms with Crippen molar-refractivity contribution < 1.29 is 0 Å². The van der Waals surface area contributed by atoms with E-state index in [1.165, 1.54) is 0 Å². The fraction of sp³-hybridized carbons (Fsp3) is 0.333. The molecular formula is C12H13ClN4. The number of imidazole rings is 1. The molecule has 0 aliphatic rings. The highest BCUT2D eigenvalue weighted by Crippen LogP contribution is 2.18. The second-order valence-electron chi connectivity index (χ2n) is 3.94. The average molecular weight is 249 g/mol. The molecule has 0 aliphatic carbocycles. The van der Waals surface area contributed by atoms with Crippen LogP contribution in [0.25, 0.3) is 11.0 Å². The summed E-state index contributed by atoms with van der Waals surface area (Å²) in [6.07, 6.45) is 0.705. The Balaban J connectivity index is 2.69. The predicted molar refractivity (Wildman–Crippen MR) is 68.9 cm³/mol. The SMILES string of the molecule is CN(C)n1c(CCCl)nc2ccc(C#N)cc21. The number of nitriles is 1. The van der Waals surface area contributed by atoms with Gasteiger partial charge in [0.05, 0.1) is 22.7 Å². The molecule has 1 aromatic heterocycles. The molecule has 0 spiro atoms. The molecule has 5 heteroatoms. The number of fused-ring (bicyclic) bond motifs is 1. The topological polar surface area (TPSA) is 44.9 Å². The van der Waals surface area contributed by atoms with Crippen molar-refractivity contribution in [2.24, 2.45) is 0 Å². The molecule has 0 atom stereocenters. The van der Waals surface area contributed by atoms with Crippen LogP contribution in [0.3, 0.4) is 0 Å². The summed E-state index contributed by atoms with van der Waals surface area (Å²) >= 11 is 5.77. The maximum Gasteiger partial charge on any atom is 0.130 e. The summed E-state index contributed by atoms with van der Waals surface area (Å²) in [4.78, 5) is 4.53. The number of halogens is 1. The van der Waals surface area contributed by atoms with E-state index in [-0.39, 0.29) is 0 Å². The number of aromatic nitrogens is 2. The van der Waals surface area contributed by atoms with Crippen molar-refractivity contribution in [2.75, 3.05) is 25.0 Å². The standard InChI is InChI=1S/C12H13ClN4/c1-16(2)17-11-7-9(8-14)3-4-10(11)15-12(17)5-6-13/h3-4,7H,5-6H2,1-2H3. The van der Waals surface area contributed by atoms with E-state index in [0.717, 1.165) is 16.9 Å². The maximum atomic E-state index is 8.92. The molecule has 88 valence electrons. The van der Waals surface area contributed by atoms with Gasteiger partial charge in [-0.25, -0.2) is 9.66 Å². The molecule has 0 N–H and O–H groups in total. The third-order valence-corrected chi connectivity index (χ3v) is 2.73. The molecule has 0 aliphatic heterocycles. The van der Waals surface area contributed by atoms with E-state index in [2.05, 4.69) is 11.1 Å². The van der Waals surface area contributed by atoms with E-state index in [0.29, 0.717) is 17.9 Å². The van der Waals surface area contributed by atoms with Gasteiger partial charge < -0.3 is 5.01 Å². The van der Waals surface area contributed by atoms with Crippen LogP contribution in [0, 0.1) is 11.3 Å². The quantitative estimate of drug-likeness (QED) is 0.780. The molecule has 0 unspecified atom stereocenters. The second kappa shape index (κ2) is 4.64. The van der Waals surface area contributed by atoms with E-state index in [1.807, 2.05) is 35.9 Å². The number of nitrogens with zero attached hydrogens (tertiary/aromatic N) is 4. The van der Waals surface area contributed by atoms with Crippen LogP contribution < -0.4 is 5.01 Å². The predicted octanol–water partition coefficient (Wildman–Crippen LogP) is 1.89. The van der Waals surface area contributed by atoms with Gasteiger partial charge in [-0.2, -0.15) is 5.26 Å². The lowest BCUT2D eigenvalue weighted by atomic mass is 10.2. The first-order valence-corrected chi connectivity index (χ1v) is 5.86. The van der Waals surface area contributed by atoms with E-state index in [9.17, 15) is 0 Å². The van der Waals surface area contributed by atoms with Crippen molar-refractivity contribution >= 4 is 22.6 Å². The van der Waals surface area contributed by atoms with Crippen LogP contribution in [0.2, 0.25) is 0 Å². The van der Waals surface area contributed by atoms with Crippen LogP contribution >= 0.6 is 11.6 Å². The largest absolute Gasteiger partial charge is 0.317 e. The van der Waals surface area contributed by atoms with Gasteiger partial charge in [-0.1, -0.05) is 0 Å². The number of alkyl halides is 1. The Morgan fingerprint density at radius 3 is 2.82 bits per heavy atom. The third-order valence-electron chi connectivity index (χ3n) is 2.54. The third kappa shape index (κ3) is 2.06. The Hall–Kier alpha value is -1.73. The van der Waals surface area contributed by atoms with E-state index in [4.69, 9.17) is 16.9 Å². The molecule has 0 saturated carbocycles. The number of benzene rings is 1. The van der Waals surface area contributed by atoms with Gasteiger partial charge in [0.1, 0.15) is 5.82 Å². The molecule has 1 aromatic carbocycles. The normalized spacial score (nSPS) is 10.5. The number of aryl methyl sites for hydroxylation is 1. The van der Waals surface area contributed by atoms with Crippen molar-refractivity contribution in [1.82, 2.24) is 9.66 Å². The van der Waals surface area contributed by atoms with E-state index < -0.39 is 0 Å². The summed E-state index contributed by atoms with van der Waals surface area (Å²) in [5.74, 6) is 1.44. The Morgan fingerprint density at radius 2 is 2.24 bits per heavy atom. The summed E-state index contributed by atoms with van der Waals surface area (Å²) in [6, 6.07) is 7.63. The highest BCUT2D eigenvalue weighted by molar-refractivity contribution is 6.17. The summed E-state index contributed by atoms with van der Waals surface area (Å²) in [5, 5.41) is 10.9. The van der Waals surface area contributed by atoms with Crippen molar-refractivity contribution in [3.63, 3.8) is 0 Å². The fourth-order valence-corrected chi connectivity index (χ4v) is 2.04. The smallest absolute Gasteiger partial charge is 0.130 e. The van der Waals surface area contributed by atoms with E-state index in [1.54, 1.807) is 6.07 Å². The molecule has 0 bridgehead atoms. The molecule has 0 radical (unpaired) electrons. The highest BCUT2D eigenvalue weighted by atomic mass is 35.5. The van der Waals surface area contributed by atoms with Gasteiger partial charge in [0, 0.05) is 26.4 Å². The number of rotatable bonds is 3.